The summed E-state index contributed by atoms with van der Waals surface area (Å²) in [5.41, 5.74) is 1.15. The molecule has 2 aliphatic rings. The van der Waals surface area contributed by atoms with Crippen molar-refractivity contribution in [1.82, 2.24) is 10.2 Å². The van der Waals surface area contributed by atoms with Gasteiger partial charge in [0.05, 0.1) is 10.0 Å². The summed E-state index contributed by atoms with van der Waals surface area (Å²) in [7, 11) is 0. The maximum atomic E-state index is 6.25. The Morgan fingerprint density at radius 2 is 2.17 bits per heavy atom. The standard InChI is InChI=1S/C14H18Cl2N2/c15-12-3-1-2-11(14(12)16)9-18-7-5-13-10(8-18)4-6-17-13/h1-3,10,13,17H,4-9H2. The summed E-state index contributed by atoms with van der Waals surface area (Å²) in [6.45, 7) is 4.43. The zero-order chi connectivity index (χ0) is 12.5. The van der Waals surface area contributed by atoms with Crippen LogP contribution in [0.4, 0.5) is 0 Å². The van der Waals surface area contributed by atoms with Crippen LogP contribution >= 0.6 is 23.2 Å². The Bertz CT molecular complexity index is 436. The van der Waals surface area contributed by atoms with E-state index in [1.165, 1.54) is 25.9 Å². The molecule has 0 aliphatic carbocycles. The molecular weight excluding hydrogens is 267 g/mol. The molecule has 0 saturated carbocycles. The van der Waals surface area contributed by atoms with E-state index in [0.717, 1.165) is 30.6 Å². The Hall–Kier alpha value is -0.280. The summed E-state index contributed by atoms with van der Waals surface area (Å²) in [6, 6.07) is 6.65. The lowest BCUT2D eigenvalue weighted by Gasteiger charge is -2.35. The number of benzene rings is 1. The van der Waals surface area contributed by atoms with Crippen molar-refractivity contribution in [1.29, 1.82) is 0 Å². The van der Waals surface area contributed by atoms with Crippen LogP contribution in [0.1, 0.15) is 18.4 Å². The summed E-state index contributed by atoms with van der Waals surface area (Å²) in [4.78, 5) is 2.51. The largest absolute Gasteiger partial charge is 0.314 e. The van der Waals surface area contributed by atoms with E-state index >= 15 is 0 Å². The number of hydrogen-bond donors (Lipinski definition) is 1. The minimum Gasteiger partial charge on any atom is -0.314 e. The molecule has 2 nitrogen and oxygen atoms in total. The number of piperidine rings is 1. The molecule has 2 heterocycles. The second-order valence-corrected chi connectivity index (χ2v) is 6.13. The van der Waals surface area contributed by atoms with E-state index in [-0.39, 0.29) is 0 Å². The minimum atomic E-state index is 0.659. The lowest BCUT2D eigenvalue weighted by Crippen LogP contribution is -2.43. The van der Waals surface area contributed by atoms with Gasteiger partial charge in [-0.3, -0.25) is 4.90 Å². The van der Waals surface area contributed by atoms with Gasteiger partial charge in [-0.2, -0.15) is 0 Å². The van der Waals surface area contributed by atoms with Gasteiger partial charge in [0.15, 0.2) is 0 Å². The first-order valence-corrected chi connectivity index (χ1v) is 7.38. The maximum absolute atomic E-state index is 6.25. The van der Waals surface area contributed by atoms with E-state index in [1.807, 2.05) is 12.1 Å². The predicted octanol–water partition coefficient (Wildman–Crippen LogP) is 3.18. The van der Waals surface area contributed by atoms with Gasteiger partial charge in [-0.1, -0.05) is 35.3 Å². The van der Waals surface area contributed by atoms with E-state index in [9.17, 15) is 0 Å². The Labute approximate surface area is 118 Å². The molecule has 3 rings (SSSR count). The summed E-state index contributed by atoms with van der Waals surface area (Å²) in [5, 5.41) is 4.96. The Morgan fingerprint density at radius 3 is 3.06 bits per heavy atom. The van der Waals surface area contributed by atoms with Crippen LogP contribution in [0.25, 0.3) is 0 Å². The second kappa shape index (κ2) is 5.38. The van der Waals surface area contributed by atoms with Crippen molar-refractivity contribution < 1.29 is 0 Å². The van der Waals surface area contributed by atoms with E-state index in [1.54, 1.807) is 0 Å². The molecule has 0 amide bonds. The van der Waals surface area contributed by atoms with Crippen LogP contribution < -0.4 is 5.32 Å². The van der Waals surface area contributed by atoms with Crippen LogP contribution in [0.15, 0.2) is 18.2 Å². The molecule has 1 N–H and O–H groups in total. The zero-order valence-electron chi connectivity index (χ0n) is 10.3. The van der Waals surface area contributed by atoms with Gasteiger partial charge in [0, 0.05) is 19.1 Å². The average molecular weight is 285 g/mol. The first-order valence-electron chi connectivity index (χ1n) is 6.62. The molecule has 0 spiro atoms. The van der Waals surface area contributed by atoms with Gasteiger partial charge in [-0.15, -0.1) is 0 Å². The number of nitrogens with one attached hydrogen (secondary N) is 1. The van der Waals surface area contributed by atoms with Crippen molar-refractivity contribution in [3.05, 3.63) is 33.8 Å². The monoisotopic (exact) mass is 284 g/mol. The quantitative estimate of drug-likeness (QED) is 0.898. The van der Waals surface area contributed by atoms with Gasteiger partial charge < -0.3 is 5.32 Å². The molecule has 2 fully saturated rings. The van der Waals surface area contributed by atoms with Crippen molar-refractivity contribution in [2.75, 3.05) is 19.6 Å². The van der Waals surface area contributed by atoms with Crippen LogP contribution in [0.5, 0.6) is 0 Å². The molecule has 0 radical (unpaired) electrons. The molecule has 0 bridgehead atoms. The van der Waals surface area contributed by atoms with Gasteiger partial charge in [-0.05, 0) is 43.5 Å². The third kappa shape index (κ3) is 2.53. The molecule has 18 heavy (non-hydrogen) atoms. The number of halogens is 2. The summed E-state index contributed by atoms with van der Waals surface area (Å²) < 4.78 is 0. The van der Waals surface area contributed by atoms with E-state index in [0.29, 0.717) is 10.0 Å². The number of fused-ring (bicyclic) bond motifs is 1. The zero-order valence-corrected chi connectivity index (χ0v) is 11.8. The van der Waals surface area contributed by atoms with Crippen molar-refractivity contribution in [2.24, 2.45) is 5.92 Å². The molecule has 2 unspecified atom stereocenters. The van der Waals surface area contributed by atoms with Crippen molar-refractivity contribution in [3.8, 4) is 0 Å². The number of likely N-dealkylation sites (tertiary alicyclic amines) is 1. The Morgan fingerprint density at radius 1 is 1.28 bits per heavy atom. The first kappa shape index (κ1) is 12.7. The molecule has 1 aromatic carbocycles. The molecule has 0 aromatic heterocycles. The lowest BCUT2D eigenvalue weighted by atomic mass is 9.93. The van der Waals surface area contributed by atoms with Crippen molar-refractivity contribution >= 4 is 23.2 Å². The fraction of sp³-hybridized carbons (Fsp3) is 0.571. The van der Waals surface area contributed by atoms with Crippen LogP contribution in [0, 0.1) is 5.92 Å². The van der Waals surface area contributed by atoms with Crippen LogP contribution in [0.2, 0.25) is 10.0 Å². The number of rotatable bonds is 2. The highest BCUT2D eigenvalue weighted by Crippen LogP contribution is 2.29. The fourth-order valence-corrected chi connectivity index (χ4v) is 3.56. The Balaban J connectivity index is 1.68. The van der Waals surface area contributed by atoms with Crippen molar-refractivity contribution in [3.63, 3.8) is 0 Å². The molecule has 1 aromatic rings. The fourth-order valence-electron chi connectivity index (χ4n) is 3.18. The average Bonchev–Trinajstić information content (AvgIpc) is 2.82. The lowest BCUT2D eigenvalue weighted by molar-refractivity contribution is 0.156. The normalized spacial score (nSPS) is 28.3. The molecule has 2 saturated heterocycles. The predicted molar refractivity (Wildman–Crippen MR) is 76.3 cm³/mol. The Kier molecular flexibility index (Phi) is 3.81. The van der Waals surface area contributed by atoms with E-state index in [4.69, 9.17) is 23.2 Å². The van der Waals surface area contributed by atoms with Crippen LogP contribution in [0.3, 0.4) is 0 Å². The summed E-state index contributed by atoms with van der Waals surface area (Å²) in [6.07, 6.45) is 2.56. The molecule has 98 valence electrons. The van der Waals surface area contributed by atoms with Gasteiger partial charge in [-0.25, -0.2) is 0 Å². The van der Waals surface area contributed by atoms with Crippen LogP contribution in [-0.4, -0.2) is 30.6 Å². The third-order valence-corrected chi connectivity index (χ3v) is 5.02. The molecular formula is C14H18Cl2N2. The van der Waals surface area contributed by atoms with Crippen LogP contribution in [-0.2, 0) is 6.54 Å². The molecule has 2 atom stereocenters. The van der Waals surface area contributed by atoms with Crippen molar-refractivity contribution in [2.45, 2.75) is 25.4 Å². The topological polar surface area (TPSA) is 15.3 Å². The SMILES string of the molecule is Clc1cccc(CN2CCC3NCCC3C2)c1Cl. The number of nitrogens with zero attached hydrogens (tertiary/aromatic N) is 1. The highest BCUT2D eigenvalue weighted by Gasteiger charge is 2.32. The van der Waals surface area contributed by atoms with Gasteiger partial charge in [0.2, 0.25) is 0 Å². The second-order valence-electron chi connectivity index (χ2n) is 5.35. The van der Waals surface area contributed by atoms with Gasteiger partial charge in [0.1, 0.15) is 0 Å². The highest BCUT2D eigenvalue weighted by molar-refractivity contribution is 6.42. The highest BCUT2D eigenvalue weighted by atomic mass is 35.5. The molecule has 2 aliphatic heterocycles. The van der Waals surface area contributed by atoms with Gasteiger partial charge >= 0.3 is 0 Å². The van der Waals surface area contributed by atoms with Gasteiger partial charge in [0.25, 0.3) is 0 Å². The molecule has 4 heteroatoms. The smallest absolute Gasteiger partial charge is 0.0637 e. The summed E-state index contributed by atoms with van der Waals surface area (Å²) >= 11 is 12.3. The maximum Gasteiger partial charge on any atom is 0.0637 e. The summed E-state index contributed by atoms with van der Waals surface area (Å²) in [5.74, 6) is 0.816. The third-order valence-electron chi connectivity index (χ3n) is 4.17. The minimum absolute atomic E-state index is 0.659. The number of hydrogen-bond acceptors (Lipinski definition) is 2. The first-order chi connectivity index (χ1) is 8.74. The van der Waals surface area contributed by atoms with E-state index < -0.39 is 0 Å². The van der Waals surface area contributed by atoms with E-state index in [2.05, 4.69) is 16.3 Å².